The average Bonchev–Trinajstić information content (AvgIpc) is 2.67. The van der Waals surface area contributed by atoms with Crippen LogP contribution in [0.25, 0.3) is 0 Å². The molecule has 5 nitrogen and oxygen atoms in total. The molecule has 1 atom stereocenters. The number of hydrogen-bond donors (Lipinski definition) is 0. The molecule has 2 aromatic rings. The molecule has 0 spiro atoms. The van der Waals surface area contributed by atoms with Gasteiger partial charge in [-0.2, -0.15) is 26.3 Å². The van der Waals surface area contributed by atoms with Crippen LogP contribution in [-0.2, 0) is 12.4 Å². The zero-order chi connectivity index (χ0) is 21.2. The molecule has 1 fully saturated rings. The molecule has 1 aliphatic heterocycles. The fraction of sp³-hybridized carbons (Fsp3) is 0.389. The quantitative estimate of drug-likeness (QED) is 0.700. The predicted molar refractivity (Wildman–Crippen MR) is 88.0 cm³/mol. The summed E-state index contributed by atoms with van der Waals surface area (Å²) in [7, 11) is 0. The Kier molecular flexibility index (Phi) is 5.67. The molecule has 29 heavy (non-hydrogen) atoms. The second-order valence-corrected chi connectivity index (χ2v) is 6.48. The van der Waals surface area contributed by atoms with E-state index in [1.807, 2.05) is 0 Å². The maximum Gasteiger partial charge on any atom is 0.416 e. The maximum atomic E-state index is 13.0. The molecule has 156 valence electrons. The highest BCUT2D eigenvalue weighted by Gasteiger charge is 2.38. The lowest BCUT2D eigenvalue weighted by Gasteiger charge is -2.32. The van der Waals surface area contributed by atoms with Crippen molar-refractivity contribution in [3.05, 3.63) is 53.5 Å². The van der Waals surface area contributed by atoms with Gasteiger partial charge in [-0.25, -0.2) is 9.97 Å². The Labute approximate surface area is 161 Å². The Hall–Kier alpha value is -2.85. The van der Waals surface area contributed by atoms with Crippen LogP contribution in [0.1, 0.15) is 34.3 Å². The van der Waals surface area contributed by atoms with Crippen molar-refractivity contribution in [1.29, 1.82) is 0 Å². The fourth-order valence-corrected chi connectivity index (χ4v) is 3.00. The molecule has 0 N–H and O–H groups in total. The first-order valence-corrected chi connectivity index (χ1v) is 8.55. The van der Waals surface area contributed by atoms with E-state index in [-0.39, 0.29) is 25.0 Å². The van der Waals surface area contributed by atoms with Crippen LogP contribution in [0.3, 0.4) is 0 Å². The summed E-state index contributed by atoms with van der Waals surface area (Å²) in [6.07, 6.45) is -6.77. The van der Waals surface area contributed by atoms with Crippen LogP contribution in [0.15, 0.2) is 36.8 Å². The molecule has 1 unspecified atom stereocenters. The first-order valence-electron chi connectivity index (χ1n) is 8.55. The largest absolute Gasteiger partial charge is 0.472 e. The van der Waals surface area contributed by atoms with Gasteiger partial charge in [0.25, 0.3) is 5.91 Å². The van der Waals surface area contributed by atoms with Crippen LogP contribution in [0.5, 0.6) is 5.88 Å². The standard InChI is InChI=1S/C18H15F6N3O2/c19-17(20,21)12-6-11(7-13(8-12)18(22,23)24)16(28)27-5-1-2-14(9-27)29-15-3-4-25-10-26-15/h3-4,6-8,10,14H,1-2,5,9H2. The van der Waals surface area contributed by atoms with Crippen LogP contribution < -0.4 is 4.74 Å². The Morgan fingerprint density at radius 2 is 1.72 bits per heavy atom. The molecule has 1 aromatic carbocycles. The highest BCUT2D eigenvalue weighted by atomic mass is 19.4. The molecule has 11 heteroatoms. The van der Waals surface area contributed by atoms with Gasteiger partial charge in [-0.05, 0) is 31.0 Å². The number of ether oxygens (including phenoxy) is 1. The summed E-state index contributed by atoms with van der Waals surface area (Å²) in [5, 5.41) is 0. The van der Waals surface area contributed by atoms with Crippen LogP contribution in [0, 0.1) is 0 Å². The molecule has 3 rings (SSSR count). The zero-order valence-electron chi connectivity index (χ0n) is 14.8. The average molecular weight is 419 g/mol. The number of hydrogen-bond acceptors (Lipinski definition) is 4. The van der Waals surface area contributed by atoms with Gasteiger partial charge in [-0.15, -0.1) is 0 Å². The molecule has 1 saturated heterocycles. The minimum absolute atomic E-state index is 0.00595. The van der Waals surface area contributed by atoms with Crippen molar-refractivity contribution in [1.82, 2.24) is 14.9 Å². The van der Waals surface area contributed by atoms with E-state index in [1.54, 1.807) is 0 Å². The van der Waals surface area contributed by atoms with Crippen molar-refractivity contribution < 1.29 is 35.9 Å². The lowest BCUT2D eigenvalue weighted by molar-refractivity contribution is -0.143. The van der Waals surface area contributed by atoms with Crippen molar-refractivity contribution in [2.45, 2.75) is 31.3 Å². The number of alkyl halides is 6. The van der Waals surface area contributed by atoms with Gasteiger partial charge in [-0.1, -0.05) is 0 Å². The molecule has 2 heterocycles. The number of amides is 1. The maximum absolute atomic E-state index is 13.0. The molecule has 0 saturated carbocycles. The van der Waals surface area contributed by atoms with Crippen molar-refractivity contribution in [3.63, 3.8) is 0 Å². The number of carbonyl (C=O) groups is 1. The van der Waals surface area contributed by atoms with Gasteiger partial charge in [0.05, 0.1) is 17.7 Å². The molecule has 0 radical (unpaired) electrons. The van der Waals surface area contributed by atoms with Crippen molar-refractivity contribution in [2.24, 2.45) is 0 Å². The van der Waals surface area contributed by atoms with Gasteiger partial charge in [0.15, 0.2) is 0 Å². The normalized spacial score (nSPS) is 17.9. The third-order valence-corrected chi connectivity index (χ3v) is 4.34. The van der Waals surface area contributed by atoms with Gasteiger partial charge in [0.1, 0.15) is 12.4 Å². The fourth-order valence-electron chi connectivity index (χ4n) is 3.00. The summed E-state index contributed by atoms with van der Waals surface area (Å²) >= 11 is 0. The Morgan fingerprint density at radius 3 is 2.28 bits per heavy atom. The van der Waals surface area contributed by atoms with E-state index in [2.05, 4.69) is 9.97 Å². The van der Waals surface area contributed by atoms with Crippen LogP contribution >= 0.6 is 0 Å². The van der Waals surface area contributed by atoms with Crippen molar-refractivity contribution in [3.8, 4) is 5.88 Å². The van der Waals surface area contributed by atoms with E-state index < -0.39 is 41.1 Å². The topological polar surface area (TPSA) is 55.3 Å². The predicted octanol–water partition coefficient (Wildman–Crippen LogP) is 4.20. The molecule has 0 aliphatic carbocycles. The van der Waals surface area contributed by atoms with Crippen molar-refractivity contribution in [2.75, 3.05) is 13.1 Å². The number of halogens is 6. The van der Waals surface area contributed by atoms with Crippen LogP contribution in [0.4, 0.5) is 26.3 Å². The summed E-state index contributed by atoms with van der Waals surface area (Å²) in [6.45, 7) is 0.209. The Bertz CT molecular complexity index is 838. The van der Waals surface area contributed by atoms with Crippen LogP contribution in [-0.4, -0.2) is 40.0 Å². The number of benzene rings is 1. The number of nitrogens with zero attached hydrogens (tertiary/aromatic N) is 3. The Balaban J connectivity index is 1.83. The van der Waals surface area contributed by atoms with Gasteiger partial charge >= 0.3 is 12.4 Å². The molecule has 1 aromatic heterocycles. The minimum Gasteiger partial charge on any atom is -0.472 e. The lowest BCUT2D eigenvalue weighted by atomic mass is 10.0. The van der Waals surface area contributed by atoms with E-state index >= 15 is 0 Å². The monoisotopic (exact) mass is 419 g/mol. The first-order chi connectivity index (χ1) is 13.5. The summed E-state index contributed by atoms with van der Waals surface area (Å²) in [5.41, 5.74) is -3.72. The number of aromatic nitrogens is 2. The van der Waals surface area contributed by atoms with Gasteiger partial charge in [0, 0.05) is 24.4 Å². The third-order valence-electron chi connectivity index (χ3n) is 4.34. The van der Waals surface area contributed by atoms with E-state index in [9.17, 15) is 31.1 Å². The van der Waals surface area contributed by atoms with Crippen molar-refractivity contribution >= 4 is 5.91 Å². The molecular weight excluding hydrogens is 404 g/mol. The van der Waals surface area contributed by atoms with Gasteiger partial charge < -0.3 is 9.64 Å². The molecular formula is C18H15F6N3O2. The summed E-state index contributed by atoms with van der Waals surface area (Å²) in [5.74, 6) is -0.657. The van der Waals surface area contributed by atoms with Gasteiger partial charge in [-0.3, -0.25) is 4.79 Å². The second kappa shape index (κ2) is 7.88. The number of rotatable bonds is 3. The second-order valence-electron chi connectivity index (χ2n) is 6.48. The van der Waals surface area contributed by atoms with Crippen LogP contribution in [0.2, 0.25) is 0 Å². The molecule has 1 amide bonds. The summed E-state index contributed by atoms with van der Waals surface area (Å²) < 4.78 is 83.8. The summed E-state index contributed by atoms with van der Waals surface area (Å²) in [6, 6.07) is 2.37. The highest BCUT2D eigenvalue weighted by molar-refractivity contribution is 5.94. The first kappa shape index (κ1) is 20.9. The Morgan fingerprint density at radius 1 is 1.07 bits per heavy atom. The third kappa shape index (κ3) is 5.15. The molecule has 1 aliphatic rings. The summed E-state index contributed by atoms with van der Waals surface area (Å²) in [4.78, 5) is 21.5. The number of carbonyl (C=O) groups excluding carboxylic acids is 1. The van der Waals surface area contributed by atoms with E-state index in [0.29, 0.717) is 25.0 Å². The lowest BCUT2D eigenvalue weighted by Crippen LogP contribution is -2.44. The zero-order valence-corrected chi connectivity index (χ0v) is 14.8. The number of piperidine rings is 1. The molecule has 0 bridgehead atoms. The smallest absolute Gasteiger partial charge is 0.416 e. The number of likely N-dealkylation sites (tertiary alicyclic amines) is 1. The van der Waals surface area contributed by atoms with Gasteiger partial charge in [0.2, 0.25) is 5.88 Å². The minimum atomic E-state index is -5.02. The SMILES string of the molecule is O=C(c1cc(C(F)(F)F)cc(C(F)(F)F)c1)N1CCCC(Oc2ccncn2)C1. The van der Waals surface area contributed by atoms with E-state index in [0.717, 1.165) is 0 Å². The van der Waals surface area contributed by atoms with E-state index in [1.165, 1.54) is 23.5 Å². The highest BCUT2D eigenvalue weighted by Crippen LogP contribution is 2.36. The van der Waals surface area contributed by atoms with E-state index in [4.69, 9.17) is 4.74 Å².